The maximum atomic E-state index is 5.20. The Balaban J connectivity index is 2.42. The number of aryl methyl sites for hydroxylation is 1. The van der Waals surface area contributed by atoms with Crippen molar-refractivity contribution in [2.45, 2.75) is 20.8 Å². The molecular formula is C14H20N4S2. The summed E-state index contributed by atoms with van der Waals surface area (Å²) >= 11 is 10.3. The van der Waals surface area contributed by atoms with E-state index < -0.39 is 0 Å². The van der Waals surface area contributed by atoms with Crippen LogP contribution < -0.4 is 21.5 Å². The van der Waals surface area contributed by atoms with Gasteiger partial charge in [-0.3, -0.25) is 10.9 Å². The predicted octanol–water partition coefficient (Wildman–Crippen LogP) is 2.55. The average Bonchev–Trinajstić information content (AvgIpc) is 2.39. The first kappa shape index (κ1) is 16.4. The summed E-state index contributed by atoms with van der Waals surface area (Å²) in [5.74, 6) is 0. The summed E-state index contributed by atoms with van der Waals surface area (Å²) in [4.78, 5) is 0. The molecular weight excluding hydrogens is 288 g/mol. The Bertz CT molecular complexity index is 526. The minimum absolute atomic E-state index is 0.457. The van der Waals surface area contributed by atoms with Crippen molar-refractivity contribution in [1.82, 2.24) is 16.2 Å². The van der Waals surface area contributed by atoms with Gasteiger partial charge in [-0.2, -0.15) is 0 Å². The summed E-state index contributed by atoms with van der Waals surface area (Å²) in [7, 11) is 0. The molecule has 4 N–H and O–H groups in total. The summed E-state index contributed by atoms with van der Waals surface area (Å²) in [5, 5.41) is 7.04. The molecule has 20 heavy (non-hydrogen) atoms. The fourth-order valence-corrected chi connectivity index (χ4v) is 1.71. The van der Waals surface area contributed by atoms with E-state index in [-0.39, 0.29) is 0 Å². The number of thiocarbonyl (C=S) groups is 2. The van der Waals surface area contributed by atoms with Crippen LogP contribution in [0.2, 0.25) is 0 Å². The van der Waals surface area contributed by atoms with Gasteiger partial charge in [0.1, 0.15) is 0 Å². The van der Waals surface area contributed by atoms with Gasteiger partial charge in [-0.05, 0) is 62.4 Å². The summed E-state index contributed by atoms with van der Waals surface area (Å²) in [6, 6.07) is 6.03. The van der Waals surface area contributed by atoms with E-state index in [1.165, 1.54) is 11.1 Å². The Hall–Kier alpha value is -1.66. The molecule has 0 radical (unpaired) electrons. The second kappa shape index (κ2) is 7.81. The van der Waals surface area contributed by atoms with E-state index in [2.05, 4.69) is 41.1 Å². The van der Waals surface area contributed by atoms with Crippen LogP contribution in [0.25, 0.3) is 0 Å². The summed E-state index contributed by atoms with van der Waals surface area (Å²) in [6.45, 7) is 10.5. The molecule has 108 valence electrons. The van der Waals surface area contributed by atoms with E-state index in [0.717, 1.165) is 11.3 Å². The molecule has 0 unspecified atom stereocenters. The summed E-state index contributed by atoms with van der Waals surface area (Å²) < 4.78 is 0. The number of hydrazine groups is 1. The second-order valence-corrected chi connectivity index (χ2v) is 5.41. The number of benzene rings is 1. The molecule has 1 rings (SSSR count). The number of hydrogen-bond acceptors (Lipinski definition) is 2. The van der Waals surface area contributed by atoms with Gasteiger partial charge in [-0.15, -0.1) is 0 Å². The molecule has 6 heteroatoms. The van der Waals surface area contributed by atoms with Crippen molar-refractivity contribution in [1.29, 1.82) is 0 Å². The standard InChI is InChI=1S/C14H20N4S2/c1-9(2)8-15-13(19)17-18-14(20)16-12-7-5-6-10(3)11(12)4/h5-7H,1,8H2,2-4H3,(H2,15,17,19)(H2,16,18,20). The first-order chi connectivity index (χ1) is 9.40. The van der Waals surface area contributed by atoms with Crippen LogP contribution in [0.3, 0.4) is 0 Å². The fraction of sp³-hybridized carbons (Fsp3) is 0.286. The molecule has 0 bridgehead atoms. The number of nitrogens with one attached hydrogen (secondary N) is 4. The van der Waals surface area contributed by atoms with Crippen LogP contribution in [0.1, 0.15) is 18.1 Å². The van der Waals surface area contributed by atoms with Crippen LogP contribution in [0, 0.1) is 13.8 Å². The van der Waals surface area contributed by atoms with Gasteiger partial charge >= 0.3 is 0 Å². The Morgan fingerprint density at radius 2 is 1.80 bits per heavy atom. The molecule has 0 aliphatic heterocycles. The highest BCUT2D eigenvalue weighted by atomic mass is 32.1. The zero-order valence-corrected chi connectivity index (χ0v) is 13.6. The molecule has 0 aliphatic carbocycles. The summed E-state index contributed by atoms with van der Waals surface area (Å²) in [5.41, 5.74) is 10.0. The molecule has 0 aromatic heterocycles. The van der Waals surface area contributed by atoms with Crippen molar-refractivity contribution in [3.05, 3.63) is 41.5 Å². The van der Waals surface area contributed by atoms with E-state index in [9.17, 15) is 0 Å². The highest BCUT2D eigenvalue weighted by molar-refractivity contribution is 7.80. The van der Waals surface area contributed by atoms with Crippen LogP contribution in [0.4, 0.5) is 5.69 Å². The van der Waals surface area contributed by atoms with Crippen molar-refractivity contribution in [3.8, 4) is 0 Å². The normalized spacial score (nSPS) is 9.55. The molecule has 0 atom stereocenters. The third kappa shape index (κ3) is 5.54. The Kier molecular flexibility index (Phi) is 6.41. The van der Waals surface area contributed by atoms with Crippen LogP contribution >= 0.6 is 24.4 Å². The maximum absolute atomic E-state index is 5.20. The lowest BCUT2D eigenvalue weighted by Gasteiger charge is -2.16. The average molecular weight is 308 g/mol. The predicted molar refractivity (Wildman–Crippen MR) is 93.8 cm³/mol. The van der Waals surface area contributed by atoms with Crippen LogP contribution in [0.5, 0.6) is 0 Å². The Morgan fingerprint density at radius 1 is 1.15 bits per heavy atom. The van der Waals surface area contributed by atoms with Gasteiger partial charge < -0.3 is 10.6 Å². The molecule has 0 aliphatic rings. The zero-order chi connectivity index (χ0) is 15.1. The lowest BCUT2D eigenvalue weighted by atomic mass is 10.1. The fourth-order valence-electron chi connectivity index (χ4n) is 1.43. The highest BCUT2D eigenvalue weighted by Gasteiger charge is 2.03. The molecule has 0 saturated heterocycles. The quantitative estimate of drug-likeness (QED) is 0.391. The van der Waals surface area contributed by atoms with Crippen molar-refractivity contribution >= 4 is 40.3 Å². The van der Waals surface area contributed by atoms with E-state index in [4.69, 9.17) is 24.4 Å². The molecule has 0 fully saturated rings. The molecule has 0 heterocycles. The monoisotopic (exact) mass is 308 g/mol. The number of anilines is 1. The lowest BCUT2D eigenvalue weighted by Crippen LogP contribution is -2.48. The molecule has 0 spiro atoms. The van der Waals surface area contributed by atoms with Crippen molar-refractivity contribution in [3.63, 3.8) is 0 Å². The van der Waals surface area contributed by atoms with Crippen molar-refractivity contribution in [2.24, 2.45) is 0 Å². The lowest BCUT2D eigenvalue weighted by molar-refractivity contribution is 0.831. The third-order valence-electron chi connectivity index (χ3n) is 2.69. The van der Waals surface area contributed by atoms with E-state index in [1.807, 2.05) is 26.0 Å². The second-order valence-electron chi connectivity index (χ2n) is 4.59. The highest BCUT2D eigenvalue weighted by Crippen LogP contribution is 2.17. The van der Waals surface area contributed by atoms with Crippen molar-refractivity contribution < 1.29 is 0 Å². The first-order valence-electron chi connectivity index (χ1n) is 6.21. The van der Waals surface area contributed by atoms with Gasteiger partial charge in [0.15, 0.2) is 10.2 Å². The number of rotatable bonds is 3. The Morgan fingerprint density at radius 3 is 2.45 bits per heavy atom. The minimum atomic E-state index is 0.457. The third-order valence-corrected chi connectivity index (χ3v) is 3.14. The van der Waals surface area contributed by atoms with Crippen LogP contribution in [-0.4, -0.2) is 16.8 Å². The summed E-state index contributed by atoms with van der Waals surface area (Å²) in [6.07, 6.45) is 0. The molecule has 1 aromatic carbocycles. The first-order valence-corrected chi connectivity index (χ1v) is 7.03. The SMILES string of the molecule is C=C(C)CNC(=S)NNC(=S)Nc1cccc(C)c1C. The van der Waals surface area contributed by atoms with E-state index >= 15 is 0 Å². The molecule has 0 amide bonds. The van der Waals surface area contributed by atoms with Gasteiger partial charge in [0, 0.05) is 12.2 Å². The largest absolute Gasteiger partial charge is 0.358 e. The molecule has 0 saturated carbocycles. The van der Waals surface area contributed by atoms with Gasteiger partial charge in [0.25, 0.3) is 0 Å². The maximum Gasteiger partial charge on any atom is 0.189 e. The topological polar surface area (TPSA) is 48.1 Å². The van der Waals surface area contributed by atoms with Gasteiger partial charge in [0.05, 0.1) is 0 Å². The van der Waals surface area contributed by atoms with Gasteiger partial charge in [-0.1, -0.05) is 24.3 Å². The Labute approximate surface area is 131 Å². The molecule has 4 nitrogen and oxygen atoms in total. The van der Waals surface area contributed by atoms with Gasteiger partial charge in [0.2, 0.25) is 0 Å². The van der Waals surface area contributed by atoms with Crippen LogP contribution in [-0.2, 0) is 0 Å². The van der Waals surface area contributed by atoms with Crippen molar-refractivity contribution in [2.75, 3.05) is 11.9 Å². The van der Waals surface area contributed by atoms with Gasteiger partial charge in [-0.25, -0.2) is 0 Å². The van der Waals surface area contributed by atoms with E-state index in [0.29, 0.717) is 16.8 Å². The van der Waals surface area contributed by atoms with Crippen LogP contribution in [0.15, 0.2) is 30.4 Å². The zero-order valence-electron chi connectivity index (χ0n) is 12.0. The molecule has 1 aromatic rings. The minimum Gasteiger partial charge on any atom is -0.358 e. The smallest absolute Gasteiger partial charge is 0.189 e. The van der Waals surface area contributed by atoms with E-state index in [1.54, 1.807) is 0 Å². The number of hydrogen-bond donors (Lipinski definition) is 4.